The van der Waals surface area contributed by atoms with Crippen LogP contribution >= 0.6 is 11.3 Å². The fourth-order valence-corrected chi connectivity index (χ4v) is 3.90. The van der Waals surface area contributed by atoms with Gasteiger partial charge in [-0.2, -0.15) is 0 Å². The van der Waals surface area contributed by atoms with Crippen molar-refractivity contribution in [2.24, 2.45) is 0 Å². The van der Waals surface area contributed by atoms with Crippen molar-refractivity contribution in [3.8, 4) is 0 Å². The third-order valence-electron chi connectivity index (χ3n) is 2.63. The number of benzene rings is 1. The van der Waals surface area contributed by atoms with Crippen LogP contribution in [0.2, 0.25) is 0 Å². The summed E-state index contributed by atoms with van der Waals surface area (Å²) in [7, 11) is -3.48. The highest BCUT2D eigenvalue weighted by molar-refractivity contribution is 7.91. The standard InChI is InChI=1S/C13H14FNO2S2/c1-2-12-7-8-13(18-12)19(16,17)15-9-10-3-5-11(14)6-4-10/h3-8,15H,2,9H2,1H3. The SMILES string of the molecule is CCc1ccc(S(=O)(=O)NCc2ccc(F)cc2)s1. The third kappa shape index (κ3) is 3.62. The van der Waals surface area contributed by atoms with Gasteiger partial charge in [-0.3, -0.25) is 0 Å². The van der Waals surface area contributed by atoms with Gasteiger partial charge in [-0.1, -0.05) is 19.1 Å². The molecule has 0 atom stereocenters. The van der Waals surface area contributed by atoms with Gasteiger partial charge in [0.2, 0.25) is 10.0 Å². The minimum atomic E-state index is -3.48. The van der Waals surface area contributed by atoms with E-state index in [1.54, 1.807) is 18.2 Å². The first-order valence-corrected chi connectivity index (χ1v) is 8.14. The zero-order valence-corrected chi connectivity index (χ0v) is 12.0. The highest BCUT2D eigenvalue weighted by Gasteiger charge is 2.16. The van der Waals surface area contributed by atoms with Gasteiger partial charge in [0, 0.05) is 11.4 Å². The monoisotopic (exact) mass is 299 g/mol. The molecule has 0 saturated carbocycles. The largest absolute Gasteiger partial charge is 0.250 e. The molecule has 1 aromatic heterocycles. The lowest BCUT2D eigenvalue weighted by Crippen LogP contribution is -2.22. The summed E-state index contributed by atoms with van der Waals surface area (Å²) >= 11 is 1.27. The van der Waals surface area contributed by atoms with E-state index in [0.717, 1.165) is 16.9 Å². The summed E-state index contributed by atoms with van der Waals surface area (Å²) in [5, 5.41) is 0. The van der Waals surface area contributed by atoms with E-state index in [-0.39, 0.29) is 12.4 Å². The predicted octanol–water partition coefficient (Wildman–Crippen LogP) is 2.93. The van der Waals surface area contributed by atoms with Crippen LogP contribution in [0.1, 0.15) is 17.4 Å². The van der Waals surface area contributed by atoms with Crippen molar-refractivity contribution in [2.75, 3.05) is 0 Å². The molecule has 102 valence electrons. The maximum Gasteiger partial charge on any atom is 0.250 e. The van der Waals surface area contributed by atoms with Gasteiger partial charge in [-0.05, 0) is 36.2 Å². The van der Waals surface area contributed by atoms with Gasteiger partial charge < -0.3 is 0 Å². The number of nitrogens with one attached hydrogen (secondary N) is 1. The van der Waals surface area contributed by atoms with Crippen LogP contribution in [0.15, 0.2) is 40.6 Å². The number of thiophene rings is 1. The summed E-state index contributed by atoms with van der Waals surface area (Å²) < 4.78 is 39.6. The van der Waals surface area contributed by atoms with E-state index < -0.39 is 10.0 Å². The quantitative estimate of drug-likeness (QED) is 0.922. The smallest absolute Gasteiger partial charge is 0.207 e. The Bertz CT molecular complexity index is 648. The highest BCUT2D eigenvalue weighted by Crippen LogP contribution is 2.21. The fourth-order valence-electron chi connectivity index (χ4n) is 1.54. The first-order valence-electron chi connectivity index (χ1n) is 5.84. The summed E-state index contributed by atoms with van der Waals surface area (Å²) in [4.78, 5) is 1.03. The van der Waals surface area contributed by atoms with Crippen molar-refractivity contribution in [3.05, 3.63) is 52.7 Å². The second-order valence-corrected chi connectivity index (χ2v) is 7.19. The van der Waals surface area contributed by atoms with Crippen LogP contribution < -0.4 is 4.72 Å². The molecule has 0 unspecified atom stereocenters. The van der Waals surface area contributed by atoms with Gasteiger partial charge in [0.25, 0.3) is 0 Å². The van der Waals surface area contributed by atoms with Crippen molar-refractivity contribution in [2.45, 2.75) is 24.1 Å². The summed E-state index contributed by atoms with van der Waals surface area (Å²) in [6.07, 6.45) is 0.818. The average Bonchev–Trinajstić information content (AvgIpc) is 2.88. The van der Waals surface area contributed by atoms with Crippen molar-refractivity contribution in [1.29, 1.82) is 0 Å². The van der Waals surface area contributed by atoms with Gasteiger partial charge in [0.05, 0.1) is 0 Å². The molecule has 6 heteroatoms. The van der Waals surface area contributed by atoms with Gasteiger partial charge in [0.1, 0.15) is 10.0 Å². The van der Waals surface area contributed by atoms with Crippen LogP contribution in [-0.4, -0.2) is 8.42 Å². The Kier molecular flexibility index (Phi) is 4.34. The molecule has 0 amide bonds. The van der Waals surface area contributed by atoms with Crippen LogP contribution in [0.5, 0.6) is 0 Å². The van der Waals surface area contributed by atoms with Gasteiger partial charge in [-0.25, -0.2) is 17.5 Å². The van der Waals surface area contributed by atoms with Crippen LogP contribution in [0.3, 0.4) is 0 Å². The van der Waals surface area contributed by atoms with Crippen LogP contribution in [0.4, 0.5) is 4.39 Å². The fraction of sp³-hybridized carbons (Fsp3) is 0.231. The van der Waals surface area contributed by atoms with Gasteiger partial charge in [-0.15, -0.1) is 11.3 Å². The minimum Gasteiger partial charge on any atom is -0.207 e. The lowest BCUT2D eigenvalue weighted by atomic mass is 10.2. The lowest BCUT2D eigenvalue weighted by Gasteiger charge is -2.04. The summed E-state index contributed by atoms with van der Waals surface area (Å²) in [6.45, 7) is 2.14. The molecule has 3 nitrogen and oxygen atoms in total. The van der Waals surface area contributed by atoms with Crippen LogP contribution in [-0.2, 0) is 23.0 Å². The molecule has 0 spiro atoms. The highest BCUT2D eigenvalue weighted by atomic mass is 32.2. The number of halogens is 1. The molecule has 1 aromatic carbocycles. The zero-order chi connectivity index (χ0) is 13.9. The molecule has 1 N–H and O–H groups in total. The Balaban J connectivity index is 2.07. The van der Waals surface area contributed by atoms with E-state index in [9.17, 15) is 12.8 Å². The van der Waals surface area contributed by atoms with E-state index >= 15 is 0 Å². The molecule has 19 heavy (non-hydrogen) atoms. The molecule has 0 aliphatic rings. The second kappa shape index (κ2) is 5.81. The van der Waals surface area contributed by atoms with Crippen molar-refractivity contribution >= 4 is 21.4 Å². The summed E-state index contributed by atoms with van der Waals surface area (Å²) in [5.74, 6) is -0.336. The number of hydrogen-bond acceptors (Lipinski definition) is 3. The Morgan fingerprint density at radius 1 is 1.16 bits per heavy atom. The van der Waals surface area contributed by atoms with E-state index in [4.69, 9.17) is 0 Å². The third-order valence-corrected chi connectivity index (χ3v) is 5.75. The number of aryl methyl sites for hydroxylation is 1. The summed E-state index contributed by atoms with van der Waals surface area (Å²) in [5.41, 5.74) is 0.720. The van der Waals surface area contributed by atoms with Crippen LogP contribution in [0.25, 0.3) is 0 Å². The molecule has 0 aliphatic carbocycles. The normalized spacial score (nSPS) is 11.7. The molecule has 0 saturated heterocycles. The van der Waals surface area contributed by atoms with E-state index in [1.807, 2.05) is 13.0 Å². The van der Waals surface area contributed by atoms with Gasteiger partial charge >= 0.3 is 0 Å². The molecule has 1 heterocycles. The topological polar surface area (TPSA) is 46.2 Å². The minimum absolute atomic E-state index is 0.155. The van der Waals surface area contributed by atoms with Crippen LogP contribution in [0, 0.1) is 5.82 Å². The lowest BCUT2D eigenvalue weighted by molar-refractivity contribution is 0.583. The number of hydrogen-bond donors (Lipinski definition) is 1. The van der Waals surface area contributed by atoms with Crippen molar-refractivity contribution in [1.82, 2.24) is 4.72 Å². The van der Waals surface area contributed by atoms with Crippen molar-refractivity contribution in [3.63, 3.8) is 0 Å². The Morgan fingerprint density at radius 2 is 1.84 bits per heavy atom. The first kappa shape index (κ1) is 14.2. The summed E-state index contributed by atoms with van der Waals surface area (Å²) in [6, 6.07) is 9.16. The Hall–Kier alpha value is -1.24. The Labute approximate surface area is 116 Å². The first-order chi connectivity index (χ1) is 9.01. The van der Waals surface area contributed by atoms with Crippen molar-refractivity contribution < 1.29 is 12.8 Å². The number of rotatable bonds is 5. The molecule has 0 radical (unpaired) electrons. The zero-order valence-electron chi connectivity index (χ0n) is 10.4. The van der Waals surface area contributed by atoms with Gasteiger partial charge in [0.15, 0.2) is 0 Å². The Morgan fingerprint density at radius 3 is 2.42 bits per heavy atom. The predicted molar refractivity (Wildman–Crippen MR) is 74.1 cm³/mol. The molecular formula is C13H14FNO2S2. The van der Waals surface area contributed by atoms with E-state index in [2.05, 4.69) is 4.72 Å². The maximum absolute atomic E-state index is 12.7. The molecule has 2 aromatic rings. The maximum atomic E-state index is 12.7. The van der Waals surface area contributed by atoms with E-state index in [1.165, 1.54) is 23.5 Å². The molecule has 2 rings (SSSR count). The molecule has 0 bridgehead atoms. The molecule has 0 fully saturated rings. The average molecular weight is 299 g/mol. The van der Waals surface area contributed by atoms with E-state index in [0.29, 0.717) is 4.21 Å². The molecule has 0 aliphatic heterocycles. The second-order valence-electron chi connectivity index (χ2n) is 4.03. The number of sulfonamides is 1. The molecular weight excluding hydrogens is 285 g/mol.